The molecule has 5 aliphatic heterocycles. The number of rotatable bonds is 12. The number of aliphatic hydroxyl groups is 6. The molecule has 9 aliphatic rings. The molecule has 0 radical (unpaired) electrons. The molecule has 9 rings (SSSR count). The first-order valence-corrected chi connectivity index (χ1v) is 26.9. The fourth-order valence-electron chi connectivity index (χ4n) is 17.0. The lowest BCUT2D eigenvalue weighted by molar-refractivity contribution is -0.384. The molecule has 25 atom stereocenters. The van der Waals surface area contributed by atoms with Crippen molar-refractivity contribution in [2.45, 2.75) is 231 Å². The van der Waals surface area contributed by atoms with Gasteiger partial charge in [0, 0.05) is 43.9 Å². The van der Waals surface area contributed by atoms with E-state index in [1.807, 2.05) is 13.8 Å². The third-order valence-corrected chi connectivity index (χ3v) is 20.3. The summed E-state index contributed by atoms with van der Waals surface area (Å²) in [5.74, 6) is -2.03. The van der Waals surface area contributed by atoms with Crippen LogP contribution in [-0.2, 0) is 57.0 Å². The van der Waals surface area contributed by atoms with Crippen molar-refractivity contribution in [3.05, 3.63) is 11.6 Å². The van der Waals surface area contributed by atoms with E-state index >= 15 is 0 Å². The maximum absolute atomic E-state index is 12.6. The Kier molecular flexibility index (Phi) is 15.1. The minimum Gasteiger partial charge on any atom is -0.455 e. The van der Waals surface area contributed by atoms with Gasteiger partial charge in [-0.2, -0.15) is 0 Å². The largest absolute Gasteiger partial charge is 0.455 e. The lowest BCUT2D eigenvalue weighted by Gasteiger charge is -2.70. The maximum Gasteiger partial charge on any atom is 0.303 e. The number of aliphatic hydroxyl groups excluding tert-OH is 6. The Labute approximate surface area is 425 Å². The van der Waals surface area contributed by atoms with Crippen LogP contribution < -0.4 is 0 Å². The zero-order valence-electron chi connectivity index (χ0n) is 44.4. The number of fused-ring (bicyclic) bond motifs is 4. The fourth-order valence-corrected chi connectivity index (χ4v) is 17.0. The summed E-state index contributed by atoms with van der Waals surface area (Å²) in [6.07, 6.45) is -5.49. The van der Waals surface area contributed by atoms with Gasteiger partial charge in [0.1, 0.15) is 42.7 Å². The van der Waals surface area contributed by atoms with Gasteiger partial charge in [0.15, 0.2) is 24.3 Å². The zero-order valence-corrected chi connectivity index (χ0v) is 44.4. The van der Waals surface area contributed by atoms with E-state index in [1.165, 1.54) is 13.8 Å². The molecule has 6 N–H and O–H groups in total. The second kappa shape index (κ2) is 19.8. The number of carbonyl (C=O) groups is 2. The Morgan fingerprint density at radius 1 is 0.708 bits per heavy atom. The Bertz CT molecular complexity index is 2020. The summed E-state index contributed by atoms with van der Waals surface area (Å²) in [6.45, 7) is 22.6. The molecule has 4 saturated carbocycles. The van der Waals surface area contributed by atoms with E-state index in [2.05, 4.69) is 40.7 Å². The predicted octanol–water partition coefficient (Wildman–Crippen LogP) is 3.50. The van der Waals surface area contributed by atoms with Crippen molar-refractivity contribution < 1.29 is 87.6 Å². The molecule has 0 aromatic heterocycles. The number of ether oxygens (including phenoxy) is 10. The zero-order chi connectivity index (χ0) is 52.2. The second-order valence-electron chi connectivity index (χ2n) is 25.2. The van der Waals surface area contributed by atoms with E-state index < -0.39 is 109 Å². The quantitative estimate of drug-likeness (QED) is 0.121. The molecule has 0 aromatic carbocycles. The van der Waals surface area contributed by atoms with Gasteiger partial charge in [0.05, 0.1) is 69.2 Å². The molecule has 5 heterocycles. The normalized spacial score (nSPS) is 52.5. The van der Waals surface area contributed by atoms with Crippen LogP contribution in [0.2, 0.25) is 0 Å². The molecule has 0 amide bonds. The molecule has 72 heavy (non-hydrogen) atoms. The highest BCUT2D eigenvalue weighted by Crippen LogP contribution is 2.80. The number of esters is 2. The smallest absolute Gasteiger partial charge is 0.303 e. The van der Waals surface area contributed by atoms with Crippen molar-refractivity contribution in [3.8, 4) is 0 Å². The number of hydrogen-bond acceptors (Lipinski definition) is 18. The van der Waals surface area contributed by atoms with Gasteiger partial charge in [0.2, 0.25) is 0 Å². The lowest BCUT2D eigenvalue weighted by Crippen LogP contribution is -2.69. The summed E-state index contributed by atoms with van der Waals surface area (Å²) in [5, 5.41) is 64.3. The topological polar surface area (TPSA) is 248 Å². The molecule has 18 nitrogen and oxygen atoms in total. The third-order valence-electron chi connectivity index (χ3n) is 20.3. The Hall–Kier alpha value is -1.88. The van der Waals surface area contributed by atoms with E-state index in [-0.39, 0.29) is 72.1 Å². The summed E-state index contributed by atoms with van der Waals surface area (Å²) in [7, 11) is 0. The van der Waals surface area contributed by atoms with Gasteiger partial charge < -0.3 is 78.0 Å². The van der Waals surface area contributed by atoms with Crippen LogP contribution in [0.4, 0.5) is 0 Å². The first-order valence-electron chi connectivity index (χ1n) is 26.9. The number of hydrogen-bond donors (Lipinski definition) is 6. The van der Waals surface area contributed by atoms with E-state index in [0.29, 0.717) is 24.9 Å². The molecule has 2 bridgehead atoms. The Morgan fingerprint density at radius 3 is 2.08 bits per heavy atom. The molecular weight excluding hydrogens is 937 g/mol. The standard InChI is InChI=1S/C54H86O18/c1-26(2)18-32-19-52(11,72-48-46(70-30(6)56)45(69-29(5)55)40(58)28(4)68-48)47-33-12-13-37-50(9)16-15-38(49(7,8)36(50)14-17-51(37,10)53(33)24-54(47,71-32)66-25-53)65-23-34-42(60)41(59)31(21-64-34)20-63-22-35-43(61)44(62)39(57)27(3)67-35/h18,27-28,31-48,57-62H,12-17,19-25H2,1-11H3. The molecule has 5 saturated heterocycles. The summed E-state index contributed by atoms with van der Waals surface area (Å²) in [6, 6.07) is 0. The van der Waals surface area contributed by atoms with Crippen molar-refractivity contribution in [2.75, 3.05) is 33.0 Å². The summed E-state index contributed by atoms with van der Waals surface area (Å²) >= 11 is 0. The van der Waals surface area contributed by atoms with Crippen molar-refractivity contribution in [2.24, 2.45) is 51.2 Å². The van der Waals surface area contributed by atoms with Crippen LogP contribution in [0.25, 0.3) is 0 Å². The molecule has 4 aliphatic carbocycles. The van der Waals surface area contributed by atoms with Crippen molar-refractivity contribution in [1.82, 2.24) is 0 Å². The van der Waals surface area contributed by atoms with Crippen LogP contribution in [0.15, 0.2) is 11.6 Å². The lowest BCUT2D eigenvalue weighted by atomic mass is 9.35. The highest BCUT2D eigenvalue weighted by molar-refractivity contribution is 5.67. The first-order chi connectivity index (χ1) is 33.7. The van der Waals surface area contributed by atoms with Crippen LogP contribution >= 0.6 is 0 Å². The van der Waals surface area contributed by atoms with Crippen molar-refractivity contribution in [3.63, 3.8) is 0 Å². The van der Waals surface area contributed by atoms with Gasteiger partial charge in [-0.15, -0.1) is 0 Å². The highest BCUT2D eigenvalue weighted by Gasteiger charge is 2.81. The Morgan fingerprint density at radius 2 is 1.39 bits per heavy atom. The van der Waals surface area contributed by atoms with E-state index in [0.717, 1.165) is 50.5 Å². The van der Waals surface area contributed by atoms with Gasteiger partial charge in [-0.3, -0.25) is 9.59 Å². The van der Waals surface area contributed by atoms with E-state index in [4.69, 9.17) is 47.4 Å². The summed E-state index contributed by atoms with van der Waals surface area (Å²) in [5.41, 5.74) is -0.387. The minimum atomic E-state index is -1.36. The van der Waals surface area contributed by atoms with Crippen LogP contribution in [0.3, 0.4) is 0 Å². The van der Waals surface area contributed by atoms with Crippen LogP contribution in [0.5, 0.6) is 0 Å². The van der Waals surface area contributed by atoms with E-state index in [9.17, 15) is 40.2 Å². The second-order valence-corrected chi connectivity index (χ2v) is 25.2. The Balaban J connectivity index is 0.890. The van der Waals surface area contributed by atoms with Crippen LogP contribution in [0, 0.1) is 51.2 Å². The van der Waals surface area contributed by atoms with Gasteiger partial charge in [-0.25, -0.2) is 0 Å². The van der Waals surface area contributed by atoms with Crippen LogP contribution in [-0.4, -0.2) is 179 Å². The average Bonchev–Trinajstić information content (AvgIpc) is 3.81. The first kappa shape index (κ1) is 54.9. The van der Waals surface area contributed by atoms with Crippen LogP contribution in [0.1, 0.15) is 128 Å². The van der Waals surface area contributed by atoms with E-state index in [1.54, 1.807) is 13.8 Å². The molecule has 0 aromatic rings. The fraction of sp³-hybridized carbons (Fsp3) is 0.926. The summed E-state index contributed by atoms with van der Waals surface area (Å²) < 4.78 is 63.7. The molecule has 25 unspecified atom stereocenters. The summed E-state index contributed by atoms with van der Waals surface area (Å²) in [4.78, 5) is 25.0. The third kappa shape index (κ3) is 9.05. The highest BCUT2D eigenvalue weighted by atomic mass is 16.7. The predicted molar refractivity (Wildman–Crippen MR) is 255 cm³/mol. The maximum atomic E-state index is 12.6. The molecule has 9 fully saturated rings. The molecule has 410 valence electrons. The monoisotopic (exact) mass is 1020 g/mol. The van der Waals surface area contributed by atoms with Gasteiger partial charge in [-0.1, -0.05) is 39.3 Å². The van der Waals surface area contributed by atoms with Gasteiger partial charge in [0.25, 0.3) is 0 Å². The number of carbonyl (C=O) groups excluding carboxylic acids is 2. The molecule has 2 spiro atoms. The minimum absolute atomic E-state index is 0.0142. The number of allylic oxidation sites excluding steroid dienone is 1. The van der Waals surface area contributed by atoms with Crippen molar-refractivity contribution in [1.29, 1.82) is 0 Å². The molecule has 18 heteroatoms. The molecular formula is C54H86O18. The van der Waals surface area contributed by atoms with Crippen molar-refractivity contribution >= 4 is 11.9 Å². The average molecular weight is 1020 g/mol. The van der Waals surface area contributed by atoms with Gasteiger partial charge >= 0.3 is 11.9 Å². The van der Waals surface area contributed by atoms with Gasteiger partial charge in [-0.05, 0) is 107 Å². The SMILES string of the molecule is CC(=O)OC1C(OC2(C)CC(C=C(C)C)OC34CC5(CO3)C(CCC3C6(C)CCC(OCC7OCC(COCC8OC(C)C(O)C(O)C8O)C(O)C7O)C(C)(C)C6CCC35C)C24)OC(C)C(O)C1OC(C)=O.